The third-order valence-electron chi connectivity index (χ3n) is 5.24. The van der Waals surface area contributed by atoms with Gasteiger partial charge in [0.05, 0.1) is 11.7 Å². The van der Waals surface area contributed by atoms with E-state index in [-0.39, 0.29) is 0 Å². The molecule has 0 bridgehead atoms. The second kappa shape index (κ2) is 7.17. The minimum Gasteiger partial charge on any atom is -0.361 e. The Balaban J connectivity index is 1.65. The van der Waals surface area contributed by atoms with Gasteiger partial charge in [-0.2, -0.15) is 0 Å². The number of nitrogens with one attached hydrogen (secondary N) is 1. The zero-order chi connectivity index (χ0) is 18.1. The molecular weight excluding hydrogens is 322 g/mol. The molecule has 1 aromatic carbocycles. The zero-order valence-corrected chi connectivity index (χ0v) is 15.9. The van der Waals surface area contributed by atoms with Crippen LogP contribution in [0.15, 0.2) is 36.7 Å². The third-order valence-corrected chi connectivity index (χ3v) is 5.24. The van der Waals surface area contributed by atoms with Gasteiger partial charge in [-0.05, 0) is 58.1 Å². The largest absolute Gasteiger partial charge is 0.361 e. The predicted molar refractivity (Wildman–Crippen MR) is 105 cm³/mol. The quantitative estimate of drug-likeness (QED) is 0.763. The molecule has 1 aliphatic rings. The Morgan fingerprint density at radius 3 is 2.96 bits per heavy atom. The van der Waals surface area contributed by atoms with Crippen molar-refractivity contribution < 1.29 is 0 Å². The molecule has 5 heteroatoms. The van der Waals surface area contributed by atoms with Crippen molar-refractivity contribution in [3.63, 3.8) is 0 Å². The summed E-state index contributed by atoms with van der Waals surface area (Å²) in [7, 11) is 4.20. The van der Waals surface area contributed by atoms with Crippen LogP contribution in [0, 0.1) is 6.92 Å². The maximum atomic E-state index is 4.87. The zero-order valence-electron chi connectivity index (χ0n) is 15.9. The van der Waals surface area contributed by atoms with Gasteiger partial charge in [-0.3, -0.25) is 4.90 Å². The monoisotopic (exact) mass is 349 g/mol. The molecular formula is C21H27N5. The van der Waals surface area contributed by atoms with Gasteiger partial charge in [-0.1, -0.05) is 12.1 Å². The molecule has 0 spiro atoms. The number of rotatable bonds is 5. The number of fused-ring (bicyclic) bond motifs is 1. The second-order valence-corrected chi connectivity index (χ2v) is 7.55. The van der Waals surface area contributed by atoms with Crippen molar-refractivity contribution in [2.45, 2.75) is 38.9 Å². The maximum Gasteiger partial charge on any atom is 0.125 e. The Labute approximate surface area is 155 Å². The molecule has 1 saturated heterocycles. The van der Waals surface area contributed by atoms with Crippen molar-refractivity contribution in [1.29, 1.82) is 0 Å². The molecule has 5 nitrogen and oxygen atoms in total. The molecule has 0 amide bonds. The van der Waals surface area contributed by atoms with E-state index >= 15 is 0 Å². The van der Waals surface area contributed by atoms with Crippen LogP contribution in [0.3, 0.4) is 0 Å². The van der Waals surface area contributed by atoms with E-state index in [1.807, 2.05) is 19.3 Å². The topological polar surface area (TPSA) is 48.1 Å². The van der Waals surface area contributed by atoms with E-state index in [2.05, 4.69) is 58.1 Å². The molecule has 1 fully saturated rings. The van der Waals surface area contributed by atoms with E-state index in [1.54, 1.807) is 0 Å². The average Bonchev–Trinajstić information content (AvgIpc) is 3.25. The van der Waals surface area contributed by atoms with Crippen molar-refractivity contribution >= 4 is 10.9 Å². The summed E-state index contributed by atoms with van der Waals surface area (Å²) in [5.74, 6) is 0.863. The summed E-state index contributed by atoms with van der Waals surface area (Å²) < 4.78 is 0. The van der Waals surface area contributed by atoms with Gasteiger partial charge in [0.1, 0.15) is 5.82 Å². The van der Waals surface area contributed by atoms with E-state index in [0.29, 0.717) is 6.04 Å². The van der Waals surface area contributed by atoms with Crippen LogP contribution in [0.4, 0.5) is 0 Å². The highest BCUT2D eigenvalue weighted by Crippen LogP contribution is 2.35. The van der Waals surface area contributed by atoms with Crippen molar-refractivity contribution in [1.82, 2.24) is 24.8 Å². The van der Waals surface area contributed by atoms with Gasteiger partial charge < -0.3 is 9.88 Å². The number of aromatic amines is 1. The normalized spacial score (nSPS) is 18.2. The molecule has 0 aliphatic carbocycles. The van der Waals surface area contributed by atoms with E-state index < -0.39 is 0 Å². The fourth-order valence-electron chi connectivity index (χ4n) is 4.10. The lowest BCUT2D eigenvalue weighted by Gasteiger charge is -2.27. The van der Waals surface area contributed by atoms with Crippen LogP contribution >= 0.6 is 0 Å². The molecule has 3 heterocycles. The Kier molecular flexibility index (Phi) is 4.74. The Morgan fingerprint density at radius 2 is 2.12 bits per heavy atom. The standard InChI is InChI=1S/C21H27N5/c1-15-23-12-17(13-25(2)3)21(24-15)20-8-5-11-26(20)14-16-6-4-7-19-18(16)9-10-22-19/h4,6-7,9-10,12,20,22H,5,8,11,13-14H2,1-3H3/t20-/m0/s1. The van der Waals surface area contributed by atoms with Gasteiger partial charge in [0.15, 0.2) is 0 Å². The molecule has 2 aromatic heterocycles. The lowest BCUT2D eigenvalue weighted by molar-refractivity contribution is 0.242. The van der Waals surface area contributed by atoms with Crippen molar-refractivity contribution in [2.24, 2.45) is 0 Å². The number of likely N-dealkylation sites (tertiary alicyclic amines) is 1. The molecule has 1 aliphatic heterocycles. The smallest absolute Gasteiger partial charge is 0.125 e. The molecule has 0 unspecified atom stereocenters. The van der Waals surface area contributed by atoms with Gasteiger partial charge in [-0.15, -0.1) is 0 Å². The van der Waals surface area contributed by atoms with Gasteiger partial charge in [0.25, 0.3) is 0 Å². The van der Waals surface area contributed by atoms with E-state index in [4.69, 9.17) is 4.98 Å². The van der Waals surface area contributed by atoms with Gasteiger partial charge in [0, 0.05) is 41.9 Å². The molecule has 1 N–H and O–H groups in total. The van der Waals surface area contributed by atoms with Crippen LogP contribution in [-0.4, -0.2) is 45.4 Å². The number of hydrogen-bond donors (Lipinski definition) is 1. The maximum absolute atomic E-state index is 4.87. The highest BCUT2D eigenvalue weighted by molar-refractivity contribution is 5.82. The van der Waals surface area contributed by atoms with E-state index in [1.165, 1.54) is 40.6 Å². The second-order valence-electron chi connectivity index (χ2n) is 7.55. The summed E-state index contributed by atoms with van der Waals surface area (Å²) in [6.07, 6.45) is 6.43. The van der Waals surface area contributed by atoms with Gasteiger partial charge >= 0.3 is 0 Å². The van der Waals surface area contributed by atoms with Crippen molar-refractivity contribution in [3.05, 3.63) is 59.3 Å². The fourth-order valence-corrected chi connectivity index (χ4v) is 4.10. The minimum absolute atomic E-state index is 0.376. The first-order valence-electron chi connectivity index (χ1n) is 9.38. The summed E-state index contributed by atoms with van der Waals surface area (Å²) in [5.41, 5.74) is 5.06. The molecule has 26 heavy (non-hydrogen) atoms. The molecule has 0 radical (unpaired) electrons. The van der Waals surface area contributed by atoms with Gasteiger partial charge in [0.2, 0.25) is 0 Å². The number of H-pyrrole nitrogens is 1. The highest BCUT2D eigenvalue weighted by atomic mass is 15.2. The number of aryl methyl sites for hydroxylation is 1. The predicted octanol–water partition coefficient (Wildman–Crippen LogP) is 3.67. The first-order valence-corrected chi connectivity index (χ1v) is 9.38. The summed E-state index contributed by atoms with van der Waals surface area (Å²) >= 11 is 0. The number of hydrogen-bond acceptors (Lipinski definition) is 4. The lowest BCUT2D eigenvalue weighted by Crippen LogP contribution is -2.26. The minimum atomic E-state index is 0.376. The molecule has 3 aromatic rings. The average molecular weight is 349 g/mol. The van der Waals surface area contributed by atoms with Crippen LogP contribution in [0.5, 0.6) is 0 Å². The van der Waals surface area contributed by atoms with Crippen molar-refractivity contribution in [2.75, 3.05) is 20.6 Å². The SMILES string of the molecule is Cc1ncc(CN(C)C)c([C@@H]2CCCN2Cc2cccc3[nH]ccc23)n1. The van der Waals surface area contributed by atoms with Crippen LogP contribution in [0.25, 0.3) is 10.9 Å². The first kappa shape index (κ1) is 17.2. The van der Waals surface area contributed by atoms with Crippen LogP contribution in [-0.2, 0) is 13.1 Å². The summed E-state index contributed by atoms with van der Waals surface area (Å²) in [5, 5.41) is 1.32. The summed E-state index contributed by atoms with van der Waals surface area (Å²) in [6.45, 7) is 4.95. The van der Waals surface area contributed by atoms with Gasteiger partial charge in [-0.25, -0.2) is 9.97 Å². The van der Waals surface area contributed by atoms with E-state index in [0.717, 1.165) is 25.5 Å². The third kappa shape index (κ3) is 3.37. The Hall–Kier alpha value is -2.24. The van der Waals surface area contributed by atoms with E-state index in [9.17, 15) is 0 Å². The summed E-state index contributed by atoms with van der Waals surface area (Å²) in [4.78, 5) is 17.4. The lowest BCUT2D eigenvalue weighted by atomic mass is 10.0. The van der Waals surface area contributed by atoms with Crippen molar-refractivity contribution in [3.8, 4) is 0 Å². The van der Waals surface area contributed by atoms with Crippen LogP contribution in [0.1, 0.15) is 41.5 Å². The Morgan fingerprint density at radius 1 is 1.23 bits per heavy atom. The summed E-state index contributed by atoms with van der Waals surface area (Å²) in [6, 6.07) is 9.09. The fraction of sp³-hybridized carbons (Fsp3) is 0.429. The van der Waals surface area contributed by atoms with Crippen LogP contribution < -0.4 is 0 Å². The Bertz CT molecular complexity index is 898. The number of nitrogens with zero attached hydrogens (tertiary/aromatic N) is 4. The first-order chi connectivity index (χ1) is 12.6. The molecule has 136 valence electrons. The highest BCUT2D eigenvalue weighted by Gasteiger charge is 2.29. The number of benzene rings is 1. The van der Waals surface area contributed by atoms with Crippen LogP contribution in [0.2, 0.25) is 0 Å². The molecule has 1 atom stereocenters. The molecule has 4 rings (SSSR count). The molecule has 0 saturated carbocycles. The number of aromatic nitrogens is 3.